The summed E-state index contributed by atoms with van der Waals surface area (Å²) >= 11 is 0. The molecule has 1 fully saturated rings. The lowest BCUT2D eigenvalue weighted by molar-refractivity contribution is 0.0971. The molecule has 80 valence electrons. The van der Waals surface area contributed by atoms with Gasteiger partial charge in [0.2, 0.25) is 0 Å². The monoisotopic (exact) mass is 203 g/mol. The Hall–Kier alpha value is -1.05. The molecule has 0 radical (unpaired) electrons. The summed E-state index contributed by atoms with van der Waals surface area (Å²) in [6.45, 7) is 2.29. The van der Waals surface area contributed by atoms with Gasteiger partial charge in [-0.3, -0.25) is 4.79 Å². The van der Waals surface area contributed by atoms with Crippen molar-refractivity contribution in [2.75, 3.05) is 0 Å². The van der Waals surface area contributed by atoms with E-state index in [0.717, 1.165) is 30.7 Å². The maximum Gasteiger partial charge on any atom is 0.164 e. The number of nitrogens with zero attached hydrogens (tertiary/aromatic N) is 1. The third-order valence-corrected chi connectivity index (χ3v) is 3.89. The molecule has 0 amide bonds. The zero-order valence-electron chi connectivity index (χ0n) is 9.20. The van der Waals surface area contributed by atoms with Crippen molar-refractivity contribution in [2.45, 2.75) is 45.1 Å². The van der Waals surface area contributed by atoms with Crippen molar-refractivity contribution in [1.82, 2.24) is 4.57 Å². The van der Waals surface area contributed by atoms with Crippen LogP contribution in [0.3, 0.4) is 0 Å². The molecule has 2 aliphatic carbocycles. The van der Waals surface area contributed by atoms with Crippen LogP contribution in [0.4, 0.5) is 0 Å². The Morgan fingerprint density at radius 1 is 1.40 bits per heavy atom. The van der Waals surface area contributed by atoms with Gasteiger partial charge in [0, 0.05) is 29.9 Å². The number of carbonyl (C=O) groups excluding carboxylic acids is 1. The first-order chi connectivity index (χ1) is 7.27. The predicted molar refractivity (Wildman–Crippen MR) is 59.1 cm³/mol. The van der Waals surface area contributed by atoms with E-state index in [0.29, 0.717) is 11.8 Å². The smallest absolute Gasteiger partial charge is 0.164 e. The van der Waals surface area contributed by atoms with Gasteiger partial charge in [0.15, 0.2) is 5.78 Å². The number of fused-ring (bicyclic) bond motifs is 1. The van der Waals surface area contributed by atoms with E-state index in [-0.39, 0.29) is 0 Å². The first-order valence-corrected chi connectivity index (χ1v) is 6.00. The number of carbonyl (C=O) groups is 1. The zero-order chi connectivity index (χ0) is 10.4. The van der Waals surface area contributed by atoms with Gasteiger partial charge in [0.25, 0.3) is 0 Å². The highest BCUT2D eigenvalue weighted by atomic mass is 16.1. The van der Waals surface area contributed by atoms with Gasteiger partial charge in [-0.05, 0) is 44.6 Å². The molecule has 1 saturated carbocycles. The summed E-state index contributed by atoms with van der Waals surface area (Å²) in [5.74, 6) is 1.21. The van der Waals surface area contributed by atoms with E-state index < -0.39 is 0 Å². The molecule has 1 aromatic rings. The number of aromatic nitrogens is 1. The summed E-state index contributed by atoms with van der Waals surface area (Å²) in [5.41, 5.74) is 2.29. The third-order valence-electron chi connectivity index (χ3n) is 3.89. The van der Waals surface area contributed by atoms with Crippen LogP contribution in [-0.2, 0) is 6.42 Å². The predicted octanol–water partition coefficient (Wildman–Crippen LogP) is 2.98. The fourth-order valence-corrected chi connectivity index (χ4v) is 2.74. The van der Waals surface area contributed by atoms with Crippen molar-refractivity contribution >= 4 is 5.78 Å². The van der Waals surface area contributed by atoms with Crippen LogP contribution >= 0.6 is 0 Å². The van der Waals surface area contributed by atoms with Crippen molar-refractivity contribution in [2.24, 2.45) is 5.92 Å². The van der Waals surface area contributed by atoms with Crippen molar-refractivity contribution in [1.29, 1.82) is 0 Å². The molecule has 0 spiro atoms. The Bertz CT molecular complexity index is 401. The highest BCUT2D eigenvalue weighted by molar-refractivity contribution is 5.98. The Morgan fingerprint density at radius 2 is 2.20 bits per heavy atom. The molecule has 0 saturated heterocycles. The summed E-state index contributed by atoms with van der Waals surface area (Å²) in [7, 11) is 0. The molecular weight excluding hydrogens is 186 g/mol. The minimum Gasteiger partial charge on any atom is -0.348 e. The topological polar surface area (TPSA) is 22.0 Å². The van der Waals surface area contributed by atoms with Crippen molar-refractivity contribution < 1.29 is 4.79 Å². The van der Waals surface area contributed by atoms with Gasteiger partial charge in [-0.2, -0.15) is 0 Å². The highest BCUT2D eigenvalue weighted by Gasteiger charge is 2.31. The van der Waals surface area contributed by atoms with Crippen LogP contribution in [0.15, 0.2) is 12.3 Å². The van der Waals surface area contributed by atoms with Gasteiger partial charge in [-0.1, -0.05) is 0 Å². The van der Waals surface area contributed by atoms with Gasteiger partial charge in [0.1, 0.15) is 0 Å². The van der Waals surface area contributed by atoms with Gasteiger partial charge < -0.3 is 4.57 Å². The third kappa shape index (κ3) is 1.43. The van der Waals surface area contributed by atoms with E-state index in [1.807, 2.05) is 6.07 Å². The SMILES string of the molecule is CC(C1CC1)n1ccc2c1CCCC2=O. The Labute approximate surface area is 90.3 Å². The highest BCUT2D eigenvalue weighted by Crippen LogP contribution is 2.41. The van der Waals surface area contributed by atoms with Gasteiger partial charge in [-0.15, -0.1) is 0 Å². The summed E-state index contributed by atoms with van der Waals surface area (Å²) in [6, 6.07) is 2.62. The van der Waals surface area contributed by atoms with Crippen LogP contribution in [-0.4, -0.2) is 10.4 Å². The van der Waals surface area contributed by atoms with Crippen LogP contribution < -0.4 is 0 Å². The maximum absolute atomic E-state index is 11.7. The number of ketones is 1. The van der Waals surface area contributed by atoms with Crippen LogP contribution in [0.2, 0.25) is 0 Å². The summed E-state index contributed by atoms with van der Waals surface area (Å²) in [6.07, 6.45) is 7.72. The lowest BCUT2D eigenvalue weighted by Crippen LogP contribution is -2.16. The van der Waals surface area contributed by atoms with Crippen LogP contribution in [0.1, 0.15) is 54.7 Å². The van der Waals surface area contributed by atoms with E-state index in [2.05, 4.69) is 17.7 Å². The van der Waals surface area contributed by atoms with E-state index in [1.54, 1.807) is 0 Å². The average molecular weight is 203 g/mol. The average Bonchev–Trinajstić information content (AvgIpc) is 2.98. The number of hydrogen-bond donors (Lipinski definition) is 0. The Balaban J connectivity index is 1.98. The van der Waals surface area contributed by atoms with E-state index in [1.165, 1.54) is 18.5 Å². The molecule has 0 N–H and O–H groups in total. The molecule has 1 aromatic heterocycles. The van der Waals surface area contributed by atoms with E-state index in [9.17, 15) is 4.79 Å². The fourth-order valence-electron chi connectivity index (χ4n) is 2.74. The van der Waals surface area contributed by atoms with Crippen LogP contribution in [0, 0.1) is 5.92 Å². The maximum atomic E-state index is 11.7. The first-order valence-electron chi connectivity index (χ1n) is 6.00. The minimum absolute atomic E-state index is 0.345. The fraction of sp³-hybridized carbons (Fsp3) is 0.615. The second-order valence-electron chi connectivity index (χ2n) is 4.94. The molecule has 1 atom stereocenters. The molecular formula is C13H17NO. The molecule has 0 aromatic carbocycles. The lowest BCUT2D eigenvalue weighted by Gasteiger charge is -2.20. The normalized spacial score (nSPS) is 22.6. The molecule has 2 heteroatoms. The zero-order valence-corrected chi connectivity index (χ0v) is 9.20. The van der Waals surface area contributed by atoms with Crippen molar-refractivity contribution in [3.8, 4) is 0 Å². The van der Waals surface area contributed by atoms with Crippen molar-refractivity contribution in [3.05, 3.63) is 23.5 Å². The van der Waals surface area contributed by atoms with Crippen LogP contribution in [0.25, 0.3) is 0 Å². The van der Waals surface area contributed by atoms with E-state index in [4.69, 9.17) is 0 Å². The molecule has 1 unspecified atom stereocenters. The molecule has 1 heterocycles. The molecule has 0 aliphatic heterocycles. The number of hydrogen-bond acceptors (Lipinski definition) is 1. The summed E-state index contributed by atoms with van der Waals surface area (Å²) in [4.78, 5) is 11.7. The number of rotatable bonds is 2. The largest absolute Gasteiger partial charge is 0.348 e. The standard InChI is InChI=1S/C13H17NO/c1-9(10-5-6-10)14-8-7-11-12(14)3-2-4-13(11)15/h7-10H,2-6H2,1H3. The molecule has 15 heavy (non-hydrogen) atoms. The summed E-state index contributed by atoms with van der Waals surface area (Å²) in [5, 5.41) is 0. The minimum atomic E-state index is 0.345. The van der Waals surface area contributed by atoms with Gasteiger partial charge in [-0.25, -0.2) is 0 Å². The second-order valence-corrected chi connectivity index (χ2v) is 4.94. The molecule has 2 aliphatic rings. The number of Topliss-reactive ketones (excluding diaryl/α,β-unsaturated/α-hetero) is 1. The summed E-state index contributed by atoms with van der Waals surface area (Å²) < 4.78 is 2.35. The molecule has 3 rings (SSSR count). The van der Waals surface area contributed by atoms with Crippen LogP contribution in [0.5, 0.6) is 0 Å². The van der Waals surface area contributed by atoms with E-state index >= 15 is 0 Å². The molecule has 2 nitrogen and oxygen atoms in total. The quantitative estimate of drug-likeness (QED) is 0.724. The Morgan fingerprint density at radius 3 is 2.93 bits per heavy atom. The van der Waals surface area contributed by atoms with Gasteiger partial charge >= 0.3 is 0 Å². The first kappa shape index (κ1) is 9.20. The lowest BCUT2D eigenvalue weighted by atomic mass is 9.96. The van der Waals surface area contributed by atoms with Gasteiger partial charge in [0.05, 0.1) is 0 Å². The second kappa shape index (κ2) is 3.22. The van der Waals surface area contributed by atoms with Crippen molar-refractivity contribution in [3.63, 3.8) is 0 Å². The molecule has 0 bridgehead atoms. The Kier molecular flexibility index (Phi) is 1.98.